The standard InChI is InChI=1S/C43H48N4OS/c1-5-9-15-29(7-3)27-46-37-19-13-11-17-33(37)35-25-31(21-23-39(35)46)41-43(48)42(45-49-44-41)32-22-24-40-36(26-32)34-18-12-14-20-38(34)47(40)28-30(8-4)16-10-6-2/h11-14,17-26,29-30H,5-10,15-16,27-28H2,1-4H3. The molecule has 6 heteroatoms. The largest absolute Gasteiger partial charge is 0.340 e. The first kappa shape index (κ1) is 33.2. The zero-order valence-corrected chi connectivity index (χ0v) is 30.2. The Morgan fingerprint density at radius 2 is 1.00 bits per heavy atom. The average molecular weight is 669 g/mol. The molecule has 0 amide bonds. The number of hydrogen-bond acceptors (Lipinski definition) is 4. The molecule has 0 radical (unpaired) electrons. The molecular weight excluding hydrogens is 621 g/mol. The molecule has 252 valence electrons. The van der Waals surface area contributed by atoms with Gasteiger partial charge < -0.3 is 9.13 Å². The number of unbranched alkanes of at least 4 members (excludes halogenated alkanes) is 2. The Kier molecular flexibility index (Phi) is 9.95. The van der Waals surface area contributed by atoms with Crippen molar-refractivity contribution in [2.24, 2.45) is 11.8 Å². The average Bonchev–Trinajstić information content (AvgIpc) is 3.63. The van der Waals surface area contributed by atoms with Gasteiger partial charge in [-0.15, -0.1) is 0 Å². The van der Waals surface area contributed by atoms with Gasteiger partial charge in [0.25, 0.3) is 0 Å². The lowest BCUT2D eigenvalue weighted by Gasteiger charge is -2.17. The van der Waals surface area contributed by atoms with Gasteiger partial charge in [0.2, 0.25) is 5.43 Å². The van der Waals surface area contributed by atoms with Crippen LogP contribution in [0.25, 0.3) is 66.1 Å². The Labute approximate surface area is 293 Å². The molecular formula is C43H48N4OS. The van der Waals surface area contributed by atoms with Crippen LogP contribution >= 0.6 is 11.7 Å². The maximum atomic E-state index is 14.2. The number of fused-ring (bicyclic) bond motifs is 6. The van der Waals surface area contributed by atoms with E-state index in [2.05, 4.69) is 131 Å². The van der Waals surface area contributed by atoms with Gasteiger partial charge in [-0.25, -0.2) is 0 Å². The summed E-state index contributed by atoms with van der Waals surface area (Å²) in [5, 5.41) is 4.78. The summed E-state index contributed by atoms with van der Waals surface area (Å²) in [6.45, 7) is 11.2. The molecule has 3 aromatic heterocycles. The molecule has 0 aliphatic heterocycles. The van der Waals surface area contributed by atoms with Crippen LogP contribution < -0.4 is 5.43 Å². The quantitative estimate of drug-likeness (QED) is 0.116. The molecule has 2 atom stereocenters. The van der Waals surface area contributed by atoms with Crippen LogP contribution in [0.1, 0.15) is 79.1 Å². The van der Waals surface area contributed by atoms with Gasteiger partial charge in [0.15, 0.2) is 0 Å². The summed E-state index contributed by atoms with van der Waals surface area (Å²) >= 11 is 1.12. The van der Waals surface area contributed by atoms with Crippen LogP contribution in [-0.2, 0) is 13.1 Å². The topological polar surface area (TPSA) is 52.7 Å². The zero-order valence-electron chi connectivity index (χ0n) is 29.4. The number of nitrogens with zero attached hydrogens (tertiary/aromatic N) is 4. The van der Waals surface area contributed by atoms with Crippen molar-refractivity contribution >= 4 is 55.3 Å². The predicted molar refractivity (Wildman–Crippen MR) is 210 cm³/mol. The van der Waals surface area contributed by atoms with Gasteiger partial charge in [0.1, 0.15) is 11.4 Å². The van der Waals surface area contributed by atoms with Crippen molar-refractivity contribution in [2.45, 2.75) is 92.2 Å². The maximum Gasteiger partial charge on any atom is 0.233 e. The minimum absolute atomic E-state index is 0.124. The van der Waals surface area contributed by atoms with Crippen LogP contribution in [0.15, 0.2) is 89.7 Å². The third kappa shape index (κ3) is 6.32. The molecule has 7 aromatic rings. The van der Waals surface area contributed by atoms with Crippen LogP contribution in [0.3, 0.4) is 0 Å². The number of rotatable bonds is 14. The Morgan fingerprint density at radius 3 is 1.43 bits per heavy atom. The van der Waals surface area contributed by atoms with Gasteiger partial charge in [-0.3, -0.25) is 4.79 Å². The summed E-state index contributed by atoms with van der Waals surface area (Å²) in [5.41, 5.74) is 7.42. The SMILES string of the molecule is CCCCC(CC)Cn1c2ccccc2c2cc(-c3nsnc(-c4ccc5c(c4)c4ccccc4n5CC(CC)CCCC)c3=O)ccc21. The fraction of sp³-hybridized carbons (Fsp3) is 0.372. The Balaban J connectivity index is 1.29. The van der Waals surface area contributed by atoms with E-state index in [1.807, 2.05) is 0 Å². The molecule has 49 heavy (non-hydrogen) atoms. The molecule has 3 heterocycles. The fourth-order valence-electron chi connectivity index (χ4n) is 7.81. The summed E-state index contributed by atoms with van der Waals surface area (Å²) in [5.74, 6) is 1.28. The minimum Gasteiger partial charge on any atom is -0.340 e. The summed E-state index contributed by atoms with van der Waals surface area (Å²) in [4.78, 5) is 14.2. The highest BCUT2D eigenvalue weighted by molar-refractivity contribution is 6.99. The number of para-hydroxylation sites is 2. The van der Waals surface area contributed by atoms with E-state index in [1.54, 1.807) is 0 Å². The predicted octanol–water partition coefficient (Wildman–Crippen LogP) is 11.9. The molecule has 5 nitrogen and oxygen atoms in total. The van der Waals surface area contributed by atoms with Crippen LogP contribution in [0.2, 0.25) is 0 Å². The minimum atomic E-state index is -0.124. The molecule has 0 saturated heterocycles. The van der Waals surface area contributed by atoms with Crippen molar-refractivity contribution < 1.29 is 0 Å². The second kappa shape index (κ2) is 14.7. The highest BCUT2D eigenvalue weighted by atomic mass is 32.1. The Hall–Kier alpha value is -4.29. The third-order valence-electron chi connectivity index (χ3n) is 10.8. The fourth-order valence-corrected chi connectivity index (χ4v) is 8.39. The van der Waals surface area contributed by atoms with Crippen LogP contribution in [0.5, 0.6) is 0 Å². The van der Waals surface area contributed by atoms with Crippen LogP contribution in [-0.4, -0.2) is 17.9 Å². The highest BCUT2D eigenvalue weighted by Crippen LogP contribution is 2.35. The van der Waals surface area contributed by atoms with Gasteiger partial charge in [-0.1, -0.05) is 115 Å². The van der Waals surface area contributed by atoms with E-state index in [9.17, 15) is 4.79 Å². The molecule has 0 bridgehead atoms. The maximum absolute atomic E-state index is 14.2. The second-order valence-corrected chi connectivity index (χ2v) is 14.4. The second-order valence-electron chi connectivity index (χ2n) is 13.8. The lowest BCUT2D eigenvalue weighted by Crippen LogP contribution is -2.11. The third-order valence-corrected chi connectivity index (χ3v) is 11.3. The Morgan fingerprint density at radius 1 is 0.571 bits per heavy atom. The highest BCUT2D eigenvalue weighted by Gasteiger charge is 2.20. The van der Waals surface area contributed by atoms with E-state index >= 15 is 0 Å². The van der Waals surface area contributed by atoms with Crippen molar-refractivity contribution in [3.63, 3.8) is 0 Å². The molecule has 0 N–H and O–H groups in total. The lowest BCUT2D eigenvalue weighted by atomic mass is 9.99. The Bertz CT molecular complexity index is 2140. The van der Waals surface area contributed by atoms with E-state index in [-0.39, 0.29) is 5.43 Å². The number of benzene rings is 4. The van der Waals surface area contributed by atoms with Crippen molar-refractivity contribution in [1.29, 1.82) is 0 Å². The summed E-state index contributed by atoms with van der Waals surface area (Å²) in [6.07, 6.45) is 9.79. The number of hydrogen-bond donors (Lipinski definition) is 0. The molecule has 7 rings (SSSR count). The van der Waals surface area contributed by atoms with Crippen molar-refractivity contribution in [2.75, 3.05) is 0 Å². The van der Waals surface area contributed by atoms with E-state index in [1.165, 1.54) is 95.0 Å². The lowest BCUT2D eigenvalue weighted by molar-refractivity contribution is 0.401. The molecule has 0 saturated carbocycles. The van der Waals surface area contributed by atoms with Gasteiger partial charge in [0, 0.05) is 67.8 Å². The monoisotopic (exact) mass is 668 g/mol. The molecule has 0 aliphatic carbocycles. The van der Waals surface area contributed by atoms with Crippen molar-refractivity contribution in [3.05, 3.63) is 95.2 Å². The molecule has 0 spiro atoms. The van der Waals surface area contributed by atoms with Gasteiger partial charge in [-0.2, -0.15) is 8.75 Å². The van der Waals surface area contributed by atoms with E-state index in [0.29, 0.717) is 23.2 Å². The van der Waals surface area contributed by atoms with Crippen LogP contribution in [0.4, 0.5) is 0 Å². The van der Waals surface area contributed by atoms with Gasteiger partial charge in [0.05, 0.1) is 11.7 Å². The van der Waals surface area contributed by atoms with Gasteiger partial charge >= 0.3 is 0 Å². The first-order valence-corrected chi connectivity index (χ1v) is 19.2. The summed E-state index contributed by atoms with van der Waals surface area (Å²) in [6, 6.07) is 30.2. The van der Waals surface area contributed by atoms with Crippen LogP contribution in [0, 0.1) is 11.8 Å². The summed E-state index contributed by atoms with van der Waals surface area (Å²) < 4.78 is 14.2. The first-order chi connectivity index (χ1) is 24.1. The van der Waals surface area contributed by atoms with Gasteiger partial charge in [-0.05, 0) is 61.1 Å². The van der Waals surface area contributed by atoms with E-state index in [0.717, 1.165) is 35.9 Å². The zero-order chi connectivity index (χ0) is 33.9. The molecule has 2 unspecified atom stereocenters. The van der Waals surface area contributed by atoms with Crippen molar-refractivity contribution in [1.82, 2.24) is 17.9 Å². The van der Waals surface area contributed by atoms with E-state index in [4.69, 9.17) is 0 Å². The first-order valence-electron chi connectivity index (χ1n) is 18.5. The van der Waals surface area contributed by atoms with Crippen molar-refractivity contribution in [3.8, 4) is 22.5 Å². The molecule has 4 aromatic carbocycles. The number of aromatic nitrogens is 4. The summed E-state index contributed by atoms with van der Waals surface area (Å²) in [7, 11) is 0. The molecule has 0 aliphatic rings. The molecule has 0 fully saturated rings. The van der Waals surface area contributed by atoms with E-state index < -0.39 is 0 Å². The normalized spacial score (nSPS) is 13.2. The smallest absolute Gasteiger partial charge is 0.233 e.